The minimum absolute atomic E-state index is 0.0637. The molecule has 0 bridgehead atoms. The number of benzene rings is 1. The van der Waals surface area contributed by atoms with Crippen LogP contribution < -0.4 is 16.1 Å². The van der Waals surface area contributed by atoms with Gasteiger partial charge in [0, 0.05) is 25.4 Å². The summed E-state index contributed by atoms with van der Waals surface area (Å²) in [5, 5.41) is 9.34. The van der Waals surface area contributed by atoms with E-state index in [2.05, 4.69) is 4.98 Å². The van der Waals surface area contributed by atoms with Gasteiger partial charge in [0.15, 0.2) is 0 Å². The number of hydrogen-bond acceptors (Lipinski definition) is 5. The Balaban J connectivity index is 1.88. The SMILES string of the molecule is CC1(C)CN(c2c(-c3ccc(F)c(Cl)c3)c(=O)n(-c3cnc4cc(F)ccn34)c(=O)n2CC#N)C1. The Morgan fingerprint density at radius 1 is 1.17 bits per heavy atom. The fourth-order valence-electron chi connectivity index (χ4n) is 4.53. The Morgan fingerprint density at radius 2 is 1.91 bits per heavy atom. The molecule has 0 unspecified atom stereocenters. The van der Waals surface area contributed by atoms with E-state index in [1.165, 1.54) is 45.6 Å². The van der Waals surface area contributed by atoms with Crippen molar-refractivity contribution in [3.8, 4) is 23.0 Å². The molecule has 5 rings (SSSR count). The molecule has 0 saturated carbocycles. The van der Waals surface area contributed by atoms with Crippen molar-refractivity contribution in [3.05, 3.63) is 80.2 Å². The van der Waals surface area contributed by atoms with E-state index in [4.69, 9.17) is 11.6 Å². The molecular weight excluding hydrogens is 478 g/mol. The number of hydrogen-bond donors (Lipinski definition) is 0. The van der Waals surface area contributed by atoms with E-state index in [0.29, 0.717) is 18.7 Å². The predicted molar refractivity (Wildman–Crippen MR) is 127 cm³/mol. The van der Waals surface area contributed by atoms with Crippen LogP contribution >= 0.6 is 11.6 Å². The van der Waals surface area contributed by atoms with Gasteiger partial charge >= 0.3 is 5.69 Å². The fraction of sp³-hybridized carbons (Fsp3) is 0.250. The Labute approximate surface area is 202 Å². The van der Waals surface area contributed by atoms with Crippen LogP contribution in [0.2, 0.25) is 5.02 Å². The van der Waals surface area contributed by atoms with Crippen molar-refractivity contribution in [1.82, 2.24) is 18.5 Å². The van der Waals surface area contributed by atoms with Gasteiger partial charge in [-0.25, -0.2) is 23.1 Å². The predicted octanol–water partition coefficient (Wildman–Crippen LogP) is 3.62. The summed E-state index contributed by atoms with van der Waals surface area (Å²) >= 11 is 6.04. The number of halogens is 3. The Hall–Kier alpha value is -3.97. The first-order valence-corrected chi connectivity index (χ1v) is 11.1. The highest BCUT2D eigenvalue weighted by Gasteiger charge is 2.38. The van der Waals surface area contributed by atoms with Crippen molar-refractivity contribution in [2.24, 2.45) is 5.41 Å². The summed E-state index contributed by atoms with van der Waals surface area (Å²) in [6.07, 6.45) is 2.63. The summed E-state index contributed by atoms with van der Waals surface area (Å²) in [4.78, 5) is 33.6. The lowest BCUT2D eigenvalue weighted by Crippen LogP contribution is -2.56. The lowest BCUT2D eigenvalue weighted by molar-refractivity contribution is 0.272. The Kier molecular flexibility index (Phi) is 5.25. The molecule has 1 aliphatic heterocycles. The van der Waals surface area contributed by atoms with E-state index in [9.17, 15) is 23.6 Å². The van der Waals surface area contributed by atoms with Gasteiger partial charge in [0.2, 0.25) is 0 Å². The molecule has 178 valence electrons. The summed E-state index contributed by atoms with van der Waals surface area (Å²) < 4.78 is 31.2. The van der Waals surface area contributed by atoms with Crippen LogP contribution in [0, 0.1) is 28.4 Å². The minimum Gasteiger partial charge on any atom is -0.356 e. The first-order valence-electron chi connectivity index (χ1n) is 10.7. The molecule has 1 saturated heterocycles. The third kappa shape index (κ3) is 3.68. The number of pyridine rings is 1. The van der Waals surface area contributed by atoms with Crippen LogP contribution in [-0.2, 0) is 6.54 Å². The standard InChI is InChI=1S/C24H19ClF2N6O2/c1-24(2)12-30(13-24)21-20(14-3-4-17(27)16(25)9-14)22(34)33(23(35)32(21)8-6-28)19-11-29-18-10-15(26)5-7-31(18)19/h3-5,7,9-11H,8,12-13H2,1-2H3. The van der Waals surface area contributed by atoms with Gasteiger partial charge in [-0.15, -0.1) is 0 Å². The lowest BCUT2D eigenvalue weighted by atomic mass is 9.84. The summed E-state index contributed by atoms with van der Waals surface area (Å²) in [5.41, 5.74) is -0.933. The summed E-state index contributed by atoms with van der Waals surface area (Å²) in [6, 6.07) is 8.19. The molecule has 0 aliphatic carbocycles. The molecule has 8 nitrogen and oxygen atoms in total. The second kappa shape index (κ2) is 8.06. The third-order valence-corrected chi connectivity index (χ3v) is 6.27. The number of rotatable bonds is 4. The van der Waals surface area contributed by atoms with Gasteiger partial charge in [0.25, 0.3) is 5.56 Å². The molecule has 0 radical (unpaired) electrons. The van der Waals surface area contributed by atoms with Gasteiger partial charge in [-0.3, -0.25) is 13.8 Å². The molecule has 0 amide bonds. The van der Waals surface area contributed by atoms with Crippen molar-refractivity contribution < 1.29 is 8.78 Å². The van der Waals surface area contributed by atoms with Crippen LogP contribution in [0.5, 0.6) is 0 Å². The molecule has 1 aliphatic rings. The first-order chi connectivity index (χ1) is 16.6. The monoisotopic (exact) mass is 496 g/mol. The number of nitrogens with zero attached hydrogens (tertiary/aromatic N) is 6. The largest absolute Gasteiger partial charge is 0.356 e. The quantitative estimate of drug-likeness (QED) is 0.430. The second-order valence-corrected chi connectivity index (χ2v) is 9.61. The van der Waals surface area contributed by atoms with E-state index in [-0.39, 0.29) is 39.8 Å². The Bertz CT molecular complexity index is 1660. The van der Waals surface area contributed by atoms with Crippen LogP contribution in [0.1, 0.15) is 13.8 Å². The second-order valence-electron chi connectivity index (χ2n) is 9.20. The zero-order valence-corrected chi connectivity index (χ0v) is 19.6. The van der Waals surface area contributed by atoms with Crippen molar-refractivity contribution in [2.75, 3.05) is 18.0 Å². The molecule has 1 fully saturated rings. The van der Waals surface area contributed by atoms with E-state index >= 15 is 0 Å². The van der Waals surface area contributed by atoms with Crippen LogP contribution in [0.4, 0.5) is 14.6 Å². The highest BCUT2D eigenvalue weighted by molar-refractivity contribution is 6.31. The van der Waals surface area contributed by atoms with E-state index < -0.39 is 22.9 Å². The normalized spacial score (nSPS) is 14.7. The molecule has 35 heavy (non-hydrogen) atoms. The van der Waals surface area contributed by atoms with Crippen LogP contribution in [0.25, 0.3) is 22.6 Å². The van der Waals surface area contributed by atoms with E-state index in [0.717, 1.165) is 10.6 Å². The zero-order valence-electron chi connectivity index (χ0n) is 18.8. The fourth-order valence-corrected chi connectivity index (χ4v) is 4.71. The maximum Gasteiger partial charge on any atom is 0.339 e. The minimum atomic E-state index is -0.751. The van der Waals surface area contributed by atoms with Gasteiger partial charge in [0.05, 0.1) is 22.9 Å². The molecule has 3 aromatic heterocycles. The zero-order chi connectivity index (χ0) is 25.1. The van der Waals surface area contributed by atoms with Crippen molar-refractivity contribution >= 4 is 23.1 Å². The molecule has 11 heteroatoms. The maximum atomic E-state index is 14.0. The van der Waals surface area contributed by atoms with Gasteiger partial charge in [-0.05, 0) is 29.2 Å². The number of aromatic nitrogens is 4. The van der Waals surface area contributed by atoms with Gasteiger partial charge < -0.3 is 4.90 Å². The lowest BCUT2D eigenvalue weighted by Gasteiger charge is -2.48. The highest BCUT2D eigenvalue weighted by Crippen LogP contribution is 2.38. The number of nitriles is 1. The van der Waals surface area contributed by atoms with Gasteiger partial charge in [-0.2, -0.15) is 5.26 Å². The Morgan fingerprint density at radius 3 is 2.57 bits per heavy atom. The number of fused-ring (bicyclic) bond motifs is 1. The highest BCUT2D eigenvalue weighted by atomic mass is 35.5. The molecule has 0 spiro atoms. The molecule has 1 aromatic carbocycles. The van der Waals surface area contributed by atoms with Crippen molar-refractivity contribution in [1.29, 1.82) is 5.26 Å². The third-order valence-electron chi connectivity index (χ3n) is 5.98. The number of anilines is 1. The topological polar surface area (TPSA) is 88.3 Å². The summed E-state index contributed by atoms with van der Waals surface area (Å²) in [5.74, 6) is -0.843. The van der Waals surface area contributed by atoms with Crippen molar-refractivity contribution in [3.63, 3.8) is 0 Å². The van der Waals surface area contributed by atoms with Crippen LogP contribution in [0.3, 0.4) is 0 Å². The van der Waals surface area contributed by atoms with Crippen LogP contribution in [0.15, 0.2) is 52.3 Å². The number of imidazole rings is 1. The smallest absolute Gasteiger partial charge is 0.339 e. The van der Waals surface area contributed by atoms with Crippen molar-refractivity contribution in [2.45, 2.75) is 20.4 Å². The summed E-state index contributed by atoms with van der Waals surface area (Å²) in [6.45, 7) is 4.84. The van der Waals surface area contributed by atoms with E-state index in [1.807, 2.05) is 24.8 Å². The van der Waals surface area contributed by atoms with Crippen LogP contribution in [-0.4, -0.2) is 31.6 Å². The van der Waals surface area contributed by atoms with Gasteiger partial charge in [-0.1, -0.05) is 31.5 Å². The average molecular weight is 497 g/mol. The molecule has 4 heterocycles. The molecule has 0 N–H and O–H groups in total. The molecule has 4 aromatic rings. The van der Waals surface area contributed by atoms with Gasteiger partial charge in [0.1, 0.15) is 35.5 Å². The molecular formula is C24H19ClF2N6O2. The molecule has 0 atom stereocenters. The first kappa shape index (κ1) is 22.8. The van der Waals surface area contributed by atoms with E-state index in [1.54, 1.807) is 0 Å². The average Bonchev–Trinajstić information content (AvgIpc) is 3.18. The summed E-state index contributed by atoms with van der Waals surface area (Å²) in [7, 11) is 0. The maximum absolute atomic E-state index is 14.0.